The second-order valence-corrected chi connectivity index (χ2v) is 8.20. The minimum absolute atomic E-state index is 0.124. The molecule has 2 saturated heterocycles. The standard InChI is InChI=1S/C23H27N5O3/c1-27-15-25-20-13-19(17-3-2-4-18(12-17)28-6-9-30-10-7-28)26-23(22(20)27)31-8-5-16-11-21(29)24-14-16/h2-4,12-13,15-16H,5-11,14H2,1H3,(H,24,29)/t16-/m1/s1. The molecule has 1 atom stereocenters. The maximum absolute atomic E-state index is 11.4. The van der Waals surface area contributed by atoms with E-state index in [0.29, 0.717) is 24.8 Å². The van der Waals surface area contributed by atoms with E-state index in [1.54, 1.807) is 6.33 Å². The first-order valence-electron chi connectivity index (χ1n) is 10.8. The van der Waals surface area contributed by atoms with Gasteiger partial charge in [0.25, 0.3) is 0 Å². The van der Waals surface area contributed by atoms with Gasteiger partial charge in [-0.05, 0) is 30.5 Å². The maximum atomic E-state index is 11.4. The van der Waals surface area contributed by atoms with Gasteiger partial charge in [0.2, 0.25) is 11.8 Å². The molecule has 0 unspecified atom stereocenters. The number of fused-ring (bicyclic) bond motifs is 1. The lowest BCUT2D eigenvalue weighted by Crippen LogP contribution is -2.36. The molecule has 2 aliphatic heterocycles. The summed E-state index contributed by atoms with van der Waals surface area (Å²) in [6.45, 7) is 4.53. The van der Waals surface area contributed by atoms with Crippen molar-refractivity contribution in [2.24, 2.45) is 13.0 Å². The lowest BCUT2D eigenvalue weighted by atomic mass is 10.1. The average molecular weight is 422 g/mol. The molecule has 31 heavy (non-hydrogen) atoms. The number of rotatable bonds is 6. The van der Waals surface area contributed by atoms with E-state index < -0.39 is 0 Å². The van der Waals surface area contributed by atoms with Gasteiger partial charge in [0.15, 0.2) is 0 Å². The van der Waals surface area contributed by atoms with Gasteiger partial charge in [-0.15, -0.1) is 0 Å². The Morgan fingerprint density at radius 2 is 2.13 bits per heavy atom. The Balaban J connectivity index is 1.41. The van der Waals surface area contributed by atoms with Gasteiger partial charge in [0.05, 0.1) is 37.4 Å². The SMILES string of the molecule is Cn1cnc2cc(-c3cccc(N4CCOCC4)c3)nc(OCC[C@H]3CNC(=O)C3)c21. The lowest BCUT2D eigenvalue weighted by Gasteiger charge is -2.29. The van der Waals surface area contributed by atoms with Crippen molar-refractivity contribution in [2.75, 3.05) is 44.4 Å². The van der Waals surface area contributed by atoms with Gasteiger partial charge in [0.1, 0.15) is 5.52 Å². The molecule has 2 fully saturated rings. The number of aromatic nitrogens is 3. The quantitative estimate of drug-likeness (QED) is 0.658. The summed E-state index contributed by atoms with van der Waals surface area (Å²) in [6, 6.07) is 10.4. The van der Waals surface area contributed by atoms with Gasteiger partial charge in [-0.25, -0.2) is 9.97 Å². The number of hydrogen-bond acceptors (Lipinski definition) is 6. The first-order chi connectivity index (χ1) is 15.2. The third-order valence-electron chi connectivity index (χ3n) is 6.01. The number of carbonyl (C=O) groups is 1. The van der Waals surface area contributed by atoms with E-state index >= 15 is 0 Å². The van der Waals surface area contributed by atoms with Crippen LogP contribution in [0.4, 0.5) is 5.69 Å². The topological polar surface area (TPSA) is 81.5 Å². The smallest absolute Gasteiger partial charge is 0.240 e. The summed E-state index contributed by atoms with van der Waals surface area (Å²) in [5, 5.41) is 2.88. The number of imidazole rings is 1. The molecule has 0 radical (unpaired) electrons. The molecule has 1 amide bonds. The summed E-state index contributed by atoms with van der Waals surface area (Å²) in [7, 11) is 1.95. The Morgan fingerprint density at radius 1 is 1.26 bits per heavy atom. The zero-order valence-electron chi connectivity index (χ0n) is 17.7. The minimum Gasteiger partial charge on any atom is -0.476 e. The molecule has 4 heterocycles. The highest BCUT2D eigenvalue weighted by molar-refractivity contribution is 5.85. The molecule has 2 aromatic heterocycles. The Morgan fingerprint density at radius 3 is 2.94 bits per heavy atom. The number of amides is 1. The van der Waals surface area contributed by atoms with Crippen LogP contribution in [0.15, 0.2) is 36.7 Å². The van der Waals surface area contributed by atoms with Gasteiger partial charge in [-0.1, -0.05) is 12.1 Å². The number of nitrogens with one attached hydrogen (secondary N) is 1. The van der Waals surface area contributed by atoms with Crippen LogP contribution in [0.2, 0.25) is 0 Å². The molecule has 2 aliphatic rings. The molecule has 0 bridgehead atoms. The summed E-state index contributed by atoms with van der Waals surface area (Å²) in [5.41, 5.74) is 4.79. The van der Waals surface area contributed by atoms with Crippen molar-refractivity contribution in [2.45, 2.75) is 12.8 Å². The number of benzene rings is 1. The van der Waals surface area contributed by atoms with E-state index in [1.807, 2.05) is 17.7 Å². The molecule has 0 aliphatic carbocycles. The highest BCUT2D eigenvalue weighted by Crippen LogP contribution is 2.31. The van der Waals surface area contributed by atoms with Crippen molar-refractivity contribution in [1.82, 2.24) is 19.9 Å². The number of ether oxygens (including phenoxy) is 2. The summed E-state index contributed by atoms with van der Waals surface area (Å²) in [6.07, 6.45) is 3.18. The summed E-state index contributed by atoms with van der Waals surface area (Å²) < 4.78 is 13.5. The van der Waals surface area contributed by atoms with Gasteiger partial charge in [-0.3, -0.25) is 4.79 Å². The highest BCUT2D eigenvalue weighted by Gasteiger charge is 2.22. The van der Waals surface area contributed by atoms with E-state index in [4.69, 9.17) is 14.5 Å². The van der Waals surface area contributed by atoms with Gasteiger partial charge in [-0.2, -0.15) is 0 Å². The molecular formula is C23H27N5O3. The monoisotopic (exact) mass is 421 g/mol. The van der Waals surface area contributed by atoms with E-state index in [-0.39, 0.29) is 5.91 Å². The second kappa shape index (κ2) is 8.55. The molecule has 162 valence electrons. The molecule has 3 aromatic rings. The normalized spacial score (nSPS) is 19.1. The Kier molecular flexibility index (Phi) is 5.46. The van der Waals surface area contributed by atoms with E-state index in [2.05, 4.69) is 39.5 Å². The van der Waals surface area contributed by atoms with Crippen molar-refractivity contribution >= 4 is 22.6 Å². The number of nitrogens with zero attached hydrogens (tertiary/aromatic N) is 4. The highest BCUT2D eigenvalue weighted by atomic mass is 16.5. The molecular weight excluding hydrogens is 394 g/mol. The van der Waals surface area contributed by atoms with E-state index in [9.17, 15) is 4.79 Å². The Bertz CT molecular complexity index is 1090. The van der Waals surface area contributed by atoms with E-state index in [0.717, 1.165) is 61.6 Å². The van der Waals surface area contributed by atoms with Crippen LogP contribution in [0.25, 0.3) is 22.3 Å². The average Bonchev–Trinajstić information content (AvgIpc) is 3.39. The first-order valence-corrected chi connectivity index (χ1v) is 10.8. The summed E-state index contributed by atoms with van der Waals surface area (Å²) >= 11 is 0. The third kappa shape index (κ3) is 4.20. The van der Waals surface area contributed by atoms with Crippen LogP contribution in [-0.2, 0) is 16.6 Å². The van der Waals surface area contributed by atoms with Crippen LogP contribution >= 0.6 is 0 Å². The van der Waals surface area contributed by atoms with Crippen molar-refractivity contribution < 1.29 is 14.3 Å². The number of pyridine rings is 1. The fourth-order valence-electron chi connectivity index (χ4n) is 4.26. The lowest BCUT2D eigenvalue weighted by molar-refractivity contribution is -0.119. The third-order valence-corrected chi connectivity index (χ3v) is 6.01. The largest absolute Gasteiger partial charge is 0.476 e. The van der Waals surface area contributed by atoms with Gasteiger partial charge < -0.3 is 24.3 Å². The van der Waals surface area contributed by atoms with Gasteiger partial charge in [0, 0.05) is 44.4 Å². The van der Waals surface area contributed by atoms with Crippen LogP contribution in [0.5, 0.6) is 5.88 Å². The Hall–Kier alpha value is -3.13. The molecule has 8 heteroatoms. The van der Waals surface area contributed by atoms with Crippen LogP contribution < -0.4 is 15.0 Å². The van der Waals surface area contributed by atoms with Crippen molar-refractivity contribution in [1.29, 1.82) is 0 Å². The first kappa shape index (κ1) is 19.8. The number of morpholine rings is 1. The second-order valence-electron chi connectivity index (χ2n) is 8.20. The van der Waals surface area contributed by atoms with Crippen molar-refractivity contribution in [3.05, 3.63) is 36.7 Å². The number of anilines is 1. The molecule has 0 spiro atoms. The predicted molar refractivity (Wildman–Crippen MR) is 118 cm³/mol. The fraction of sp³-hybridized carbons (Fsp3) is 0.435. The zero-order valence-corrected chi connectivity index (χ0v) is 17.7. The summed E-state index contributed by atoms with van der Waals surface area (Å²) in [5.74, 6) is 1.03. The molecule has 1 aromatic carbocycles. The van der Waals surface area contributed by atoms with E-state index in [1.165, 1.54) is 5.69 Å². The summed E-state index contributed by atoms with van der Waals surface area (Å²) in [4.78, 5) is 23.2. The van der Waals surface area contributed by atoms with Crippen LogP contribution in [0.3, 0.4) is 0 Å². The maximum Gasteiger partial charge on any atom is 0.240 e. The minimum atomic E-state index is 0.124. The molecule has 8 nitrogen and oxygen atoms in total. The zero-order chi connectivity index (χ0) is 21.2. The molecule has 1 N–H and O–H groups in total. The van der Waals surface area contributed by atoms with Gasteiger partial charge >= 0.3 is 0 Å². The number of hydrogen-bond donors (Lipinski definition) is 1. The number of aryl methyl sites for hydroxylation is 1. The van der Waals surface area contributed by atoms with Crippen molar-refractivity contribution in [3.63, 3.8) is 0 Å². The Labute approximate surface area is 181 Å². The molecule has 5 rings (SSSR count). The van der Waals surface area contributed by atoms with Crippen LogP contribution in [0, 0.1) is 5.92 Å². The van der Waals surface area contributed by atoms with Crippen LogP contribution in [-0.4, -0.2) is 59.9 Å². The van der Waals surface area contributed by atoms with Crippen LogP contribution in [0.1, 0.15) is 12.8 Å². The van der Waals surface area contributed by atoms with Crippen molar-refractivity contribution in [3.8, 4) is 17.1 Å². The predicted octanol–water partition coefficient (Wildman–Crippen LogP) is 2.38. The fourth-order valence-corrected chi connectivity index (χ4v) is 4.26. The number of carbonyl (C=O) groups excluding carboxylic acids is 1. The molecule has 0 saturated carbocycles.